The second-order valence-electron chi connectivity index (χ2n) is 17.7. The fourth-order valence-corrected chi connectivity index (χ4v) is 5.15. The number of carbonyl (C=O) groups excluding carboxylic acids is 4. The molecule has 0 unspecified atom stereocenters. The Labute approximate surface area is 327 Å². The highest BCUT2D eigenvalue weighted by Crippen LogP contribution is 2.15. The Morgan fingerprint density at radius 3 is 1.06 bits per heavy atom. The SMILES string of the molecule is CC(C)(C)OC(=O)NCCCN(CCCCN(CCCN(CCCN(CCCN)CCCN)C(=O)OC(C)(C)C)C(=O)OC(C)(C)C)C(=O)OC(C)(C)C. The van der Waals surface area contributed by atoms with Gasteiger partial charge in [-0.2, -0.15) is 0 Å². The number of rotatable bonds is 23. The molecule has 0 aliphatic heterocycles. The zero-order valence-electron chi connectivity index (χ0n) is 36.1. The van der Waals surface area contributed by atoms with Crippen LogP contribution in [0.25, 0.3) is 0 Å². The number of alkyl carbamates (subject to hydrolysis) is 1. The van der Waals surface area contributed by atoms with Crippen molar-refractivity contribution in [2.45, 2.75) is 150 Å². The second-order valence-corrected chi connectivity index (χ2v) is 17.7. The number of nitrogens with two attached hydrogens (primary N) is 2. The van der Waals surface area contributed by atoms with Gasteiger partial charge in [0.2, 0.25) is 0 Å². The van der Waals surface area contributed by atoms with Gasteiger partial charge in [0, 0.05) is 45.8 Å². The van der Waals surface area contributed by atoms with Crippen LogP contribution >= 0.6 is 0 Å². The molecule has 0 aromatic carbocycles. The Morgan fingerprint density at radius 1 is 0.426 bits per heavy atom. The summed E-state index contributed by atoms with van der Waals surface area (Å²) in [5.41, 5.74) is 8.90. The molecule has 0 radical (unpaired) electrons. The molecular formula is C39H79N7O8. The molecule has 0 fully saturated rings. The highest BCUT2D eigenvalue weighted by Gasteiger charge is 2.26. The molecule has 318 valence electrons. The van der Waals surface area contributed by atoms with Crippen molar-refractivity contribution in [3.8, 4) is 0 Å². The van der Waals surface area contributed by atoms with Crippen molar-refractivity contribution < 1.29 is 38.1 Å². The molecular weight excluding hydrogens is 694 g/mol. The lowest BCUT2D eigenvalue weighted by Crippen LogP contribution is -2.42. The number of unbranched alkanes of at least 4 members (excludes halogenated alkanes) is 1. The standard InChI is InChI=1S/C39H79N7O8/c1-36(2,3)51-32(47)42-22-17-28-44(33(48)52-37(4,5)6)26-13-14-27-45(34(49)53-38(7,8)9)30-19-31-46(35(50)54-39(10,11)12)29-18-25-43(23-15-20-40)24-16-21-41/h13-31,40-41H2,1-12H3,(H,42,47). The maximum absolute atomic E-state index is 13.3. The predicted molar refractivity (Wildman–Crippen MR) is 215 cm³/mol. The van der Waals surface area contributed by atoms with Crippen molar-refractivity contribution in [2.75, 3.05) is 78.5 Å². The quantitative estimate of drug-likeness (QED) is 0.0798. The number of carbonyl (C=O) groups is 4. The topological polar surface area (TPSA) is 182 Å². The monoisotopic (exact) mass is 774 g/mol. The molecule has 4 amide bonds. The zero-order valence-corrected chi connectivity index (χ0v) is 36.1. The highest BCUT2D eigenvalue weighted by atomic mass is 16.6. The first-order chi connectivity index (χ1) is 24.9. The summed E-state index contributed by atoms with van der Waals surface area (Å²) in [5.74, 6) is 0. The molecule has 0 spiro atoms. The molecule has 0 aliphatic carbocycles. The molecule has 5 N–H and O–H groups in total. The molecule has 15 heteroatoms. The van der Waals surface area contributed by atoms with Crippen LogP contribution in [0.4, 0.5) is 19.2 Å². The van der Waals surface area contributed by atoms with Crippen LogP contribution < -0.4 is 16.8 Å². The number of ether oxygens (including phenoxy) is 4. The summed E-state index contributed by atoms with van der Waals surface area (Å²) < 4.78 is 22.4. The van der Waals surface area contributed by atoms with Crippen molar-refractivity contribution in [3.05, 3.63) is 0 Å². The molecule has 0 heterocycles. The summed E-state index contributed by atoms with van der Waals surface area (Å²) >= 11 is 0. The second kappa shape index (κ2) is 25.2. The van der Waals surface area contributed by atoms with E-state index in [2.05, 4.69) is 10.2 Å². The smallest absolute Gasteiger partial charge is 0.410 e. The van der Waals surface area contributed by atoms with E-state index in [0.29, 0.717) is 84.6 Å². The van der Waals surface area contributed by atoms with E-state index in [4.69, 9.17) is 30.4 Å². The molecule has 0 bridgehead atoms. The van der Waals surface area contributed by atoms with Gasteiger partial charge < -0.3 is 55.3 Å². The first-order valence-corrected chi connectivity index (χ1v) is 19.9. The molecule has 0 aliphatic rings. The van der Waals surface area contributed by atoms with Crippen LogP contribution in [-0.2, 0) is 18.9 Å². The fourth-order valence-electron chi connectivity index (χ4n) is 5.15. The van der Waals surface area contributed by atoms with Crippen molar-refractivity contribution in [2.24, 2.45) is 11.5 Å². The Kier molecular flexibility index (Phi) is 23.8. The van der Waals surface area contributed by atoms with E-state index in [1.54, 1.807) is 35.5 Å². The lowest BCUT2D eigenvalue weighted by atomic mass is 10.2. The van der Waals surface area contributed by atoms with Gasteiger partial charge in [0.05, 0.1) is 0 Å². The summed E-state index contributed by atoms with van der Waals surface area (Å²) in [5, 5.41) is 2.73. The lowest BCUT2D eigenvalue weighted by molar-refractivity contribution is 0.0179. The van der Waals surface area contributed by atoms with E-state index in [9.17, 15) is 19.2 Å². The third-order valence-electron chi connectivity index (χ3n) is 7.45. The molecule has 0 saturated heterocycles. The van der Waals surface area contributed by atoms with Gasteiger partial charge in [-0.15, -0.1) is 0 Å². The van der Waals surface area contributed by atoms with Crippen LogP contribution in [0.15, 0.2) is 0 Å². The third kappa shape index (κ3) is 28.4. The average molecular weight is 774 g/mol. The number of hydrogen-bond donors (Lipinski definition) is 3. The largest absolute Gasteiger partial charge is 0.444 e. The molecule has 54 heavy (non-hydrogen) atoms. The van der Waals surface area contributed by atoms with Crippen LogP contribution in [0.2, 0.25) is 0 Å². The Bertz CT molecular complexity index is 1070. The van der Waals surface area contributed by atoms with Crippen molar-refractivity contribution in [3.63, 3.8) is 0 Å². The van der Waals surface area contributed by atoms with Crippen molar-refractivity contribution in [1.82, 2.24) is 24.9 Å². The van der Waals surface area contributed by atoms with Gasteiger partial charge in [-0.05, 0) is 161 Å². The van der Waals surface area contributed by atoms with Crippen LogP contribution in [-0.4, -0.2) is 145 Å². The minimum atomic E-state index is -0.682. The molecule has 15 nitrogen and oxygen atoms in total. The zero-order chi connectivity index (χ0) is 41.6. The normalized spacial score (nSPS) is 12.3. The van der Waals surface area contributed by atoms with E-state index < -0.39 is 40.7 Å². The average Bonchev–Trinajstić information content (AvgIpc) is 2.99. The van der Waals surface area contributed by atoms with E-state index in [1.165, 1.54) is 0 Å². The van der Waals surface area contributed by atoms with Gasteiger partial charge in [-0.1, -0.05) is 0 Å². The molecule has 0 aromatic rings. The van der Waals surface area contributed by atoms with Crippen LogP contribution in [0.1, 0.15) is 128 Å². The maximum Gasteiger partial charge on any atom is 0.410 e. The van der Waals surface area contributed by atoms with Crippen molar-refractivity contribution in [1.29, 1.82) is 0 Å². The van der Waals surface area contributed by atoms with E-state index in [-0.39, 0.29) is 6.09 Å². The van der Waals surface area contributed by atoms with E-state index >= 15 is 0 Å². The Morgan fingerprint density at radius 2 is 0.722 bits per heavy atom. The van der Waals surface area contributed by atoms with Gasteiger partial charge >= 0.3 is 24.4 Å². The first-order valence-electron chi connectivity index (χ1n) is 19.9. The molecule has 0 atom stereocenters. The van der Waals surface area contributed by atoms with Gasteiger partial charge in [-0.3, -0.25) is 0 Å². The first kappa shape index (κ1) is 51.0. The minimum absolute atomic E-state index is 0.335. The number of hydrogen-bond acceptors (Lipinski definition) is 11. The Balaban J connectivity index is 5.56. The van der Waals surface area contributed by atoms with Crippen LogP contribution in [0, 0.1) is 0 Å². The predicted octanol–water partition coefficient (Wildman–Crippen LogP) is 6.17. The molecule has 0 saturated carbocycles. The maximum atomic E-state index is 13.3. The van der Waals surface area contributed by atoms with E-state index in [0.717, 1.165) is 38.9 Å². The fraction of sp³-hybridized carbons (Fsp3) is 0.897. The van der Waals surface area contributed by atoms with Crippen LogP contribution in [0.3, 0.4) is 0 Å². The van der Waals surface area contributed by atoms with Crippen molar-refractivity contribution >= 4 is 24.4 Å². The van der Waals surface area contributed by atoms with Crippen LogP contribution in [0.5, 0.6) is 0 Å². The summed E-state index contributed by atoms with van der Waals surface area (Å²) in [7, 11) is 0. The summed E-state index contributed by atoms with van der Waals surface area (Å²) in [4.78, 5) is 59.1. The van der Waals surface area contributed by atoms with Gasteiger partial charge in [-0.25, -0.2) is 19.2 Å². The molecule has 0 aromatic heterocycles. The number of nitrogens with one attached hydrogen (secondary N) is 1. The summed E-state index contributed by atoms with van der Waals surface area (Å²) in [6.07, 6.45) is 3.03. The summed E-state index contributed by atoms with van der Waals surface area (Å²) in [6, 6.07) is 0. The summed E-state index contributed by atoms with van der Waals surface area (Å²) in [6.45, 7) is 28.5. The number of nitrogens with zero attached hydrogens (tertiary/aromatic N) is 4. The lowest BCUT2D eigenvalue weighted by Gasteiger charge is -2.31. The number of amides is 4. The molecule has 0 rings (SSSR count). The third-order valence-corrected chi connectivity index (χ3v) is 7.45. The minimum Gasteiger partial charge on any atom is -0.444 e. The Hall–Kier alpha value is -3.04. The van der Waals surface area contributed by atoms with Gasteiger partial charge in [0.1, 0.15) is 22.4 Å². The van der Waals surface area contributed by atoms with E-state index in [1.807, 2.05) is 62.3 Å². The van der Waals surface area contributed by atoms with Gasteiger partial charge in [0.15, 0.2) is 0 Å². The highest BCUT2D eigenvalue weighted by molar-refractivity contribution is 5.69. The van der Waals surface area contributed by atoms with Gasteiger partial charge in [0.25, 0.3) is 0 Å².